The Kier molecular flexibility index (Phi) is 3.57. The number of rotatable bonds is 3. The van der Waals surface area contributed by atoms with E-state index >= 15 is 0 Å². The van der Waals surface area contributed by atoms with Crippen LogP contribution >= 0.6 is 0 Å². The van der Waals surface area contributed by atoms with Crippen molar-refractivity contribution in [1.29, 1.82) is 0 Å². The monoisotopic (exact) mass is 261 g/mol. The van der Waals surface area contributed by atoms with Gasteiger partial charge in [0.05, 0.1) is 6.54 Å². The number of amides is 2. The summed E-state index contributed by atoms with van der Waals surface area (Å²) < 4.78 is 0. The third-order valence-corrected chi connectivity index (χ3v) is 2.92. The first-order chi connectivity index (χ1) is 8.85. The van der Waals surface area contributed by atoms with Crippen LogP contribution in [0.3, 0.4) is 0 Å². The van der Waals surface area contributed by atoms with Crippen molar-refractivity contribution < 1.29 is 9.59 Å². The van der Waals surface area contributed by atoms with Crippen LogP contribution in [0.15, 0.2) is 24.3 Å². The van der Waals surface area contributed by atoms with Gasteiger partial charge in [0, 0.05) is 11.2 Å². The number of carbonyl (C=O) groups is 2. The molecule has 0 aliphatic carbocycles. The van der Waals surface area contributed by atoms with Crippen LogP contribution in [0.25, 0.3) is 0 Å². The van der Waals surface area contributed by atoms with Gasteiger partial charge < -0.3 is 16.0 Å². The van der Waals surface area contributed by atoms with Gasteiger partial charge in [-0.1, -0.05) is 12.1 Å². The summed E-state index contributed by atoms with van der Waals surface area (Å²) in [5, 5.41) is 2.53. The molecule has 102 valence electrons. The van der Waals surface area contributed by atoms with Crippen molar-refractivity contribution in [2.24, 2.45) is 5.73 Å². The zero-order valence-electron chi connectivity index (χ0n) is 11.3. The van der Waals surface area contributed by atoms with Crippen molar-refractivity contribution >= 4 is 17.5 Å². The molecule has 19 heavy (non-hydrogen) atoms. The molecule has 0 unspecified atom stereocenters. The van der Waals surface area contributed by atoms with Gasteiger partial charge in [0.25, 0.3) is 0 Å². The first kappa shape index (κ1) is 13.5. The average Bonchev–Trinajstić information content (AvgIpc) is 2.30. The number of hydrogen-bond acceptors (Lipinski definition) is 3. The number of benzene rings is 1. The first-order valence-electron chi connectivity index (χ1n) is 6.30. The van der Waals surface area contributed by atoms with Crippen LogP contribution in [-0.4, -0.2) is 30.4 Å². The Hall–Kier alpha value is -1.88. The summed E-state index contributed by atoms with van der Waals surface area (Å²) in [6.45, 7) is 4.05. The molecule has 1 saturated heterocycles. The molecule has 2 rings (SSSR count). The summed E-state index contributed by atoms with van der Waals surface area (Å²) in [6, 6.07) is 7.62. The summed E-state index contributed by atoms with van der Waals surface area (Å²) in [5.41, 5.74) is 7.51. The van der Waals surface area contributed by atoms with Gasteiger partial charge in [-0.2, -0.15) is 0 Å². The van der Waals surface area contributed by atoms with Gasteiger partial charge in [0.1, 0.15) is 6.54 Å². The summed E-state index contributed by atoms with van der Waals surface area (Å²) in [6.07, 6.45) is 0.717. The minimum atomic E-state index is -0.304. The Balaban J connectivity index is 2.22. The van der Waals surface area contributed by atoms with Crippen LogP contribution in [0.4, 0.5) is 5.69 Å². The van der Waals surface area contributed by atoms with E-state index in [0.29, 0.717) is 0 Å². The maximum absolute atomic E-state index is 11.8. The predicted octanol–water partition coefficient (Wildman–Crippen LogP) is 0.429. The lowest BCUT2D eigenvalue weighted by molar-refractivity contribution is -0.128. The quantitative estimate of drug-likeness (QED) is 0.828. The molecule has 0 spiro atoms. The highest BCUT2D eigenvalue weighted by Crippen LogP contribution is 2.20. The number of hydrogen-bond donors (Lipinski definition) is 2. The highest BCUT2D eigenvalue weighted by Gasteiger charge is 2.24. The van der Waals surface area contributed by atoms with E-state index in [-0.39, 0.29) is 30.4 Å². The fourth-order valence-corrected chi connectivity index (χ4v) is 2.15. The normalized spacial score (nSPS) is 16.5. The Morgan fingerprint density at radius 3 is 2.79 bits per heavy atom. The summed E-state index contributed by atoms with van der Waals surface area (Å²) >= 11 is 0. The van der Waals surface area contributed by atoms with Crippen molar-refractivity contribution in [3.05, 3.63) is 29.8 Å². The van der Waals surface area contributed by atoms with Crippen LogP contribution in [0.2, 0.25) is 0 Å². The molecule has 1 aliphatic heterocycles. The molecular formula is C14H19N3O2. The molecule has 0 bridgehead atoms. The van der Waals surface area contributed by atoms with E-state index in [1.165, 1.54) is 4.90 Å². The third-order valence-electron chi connectivity index (χ3n) is 2.92. The van der Waals surface area contributed by atoms with Gasteiger partial charge in [-0.25, -0.2) is 0 Å². The van der Waals surface area contributed by atoms with E-state index in [1.54, 1.807) is 0 Å². The van der Waals surface area contributed by atoms with E-state index in [2.05, 4.69) is 5.32 Å². The van der Waals surface area contributed by atoms with Crippen molar-refractivity contribution in [2.75, 3.05) is 18.0 Å². The van der Waals surface area contributed by atoms with Crippen molar-refractivity contribution in [3.63, 3.8) is 0 Å². The largest absolute Gasteiger partial charge is 0.345 e. The smallest absolute Gasteiger partial charge is 0.246 e. The van der Waals surface area contributed by atoms with Gasteiger partial charge in [-0.05, 0) is 38.0 Å². The second-order valence-electron chi connectivity index (χ2n) is 5.59. The number of nitrogens with zero attached hydrogens (tertiary/aromatic N) is 1. The molecule has 1 fully saturated rings. The minimum Gasteiger partial charge on any atom is -0.345 e. The van der Waals surface area contributed by atoms with E-state index in [4.69, 9.17) is 5.73 Å². The lowest BCUT2D eigenvalue weighted by Crippen LogP contribution is -2.51. The molecule has 5 nitrogen and oxygen atoms in total. The summed E-state index contributed by atoms with van der Waals surface area (Å²) in [7, 11) is 0. The predicted molar refractivity (Wildman–Crippen MR) is 73.8 cm³/mol. The highest BCUT2D eigenvalue weighted by molar-refractivity contribution is 6.04. The number of carbonyl (C=O) groups excluding carboxylic acids is 2. The van der Waals surface area contributed by atoms with Crippen LogP contribution in [-0.2, 0) is 16.0 Å². The van der Waals surface area contributed by atoms with Crippen molar-refractivity contribution in [2.45, 2.75) is 25.8 Å². The molecule has 1 aromatic rings. The Morgan fingerprint density at radius 2 is 2.11 bits per heavy atom. The van der Waals surface area contributed by atoms with Crippen LogP contribution in [0.5, 0.6) is 0 Å². The van der Waals surface area contributed by atoms with Gasteiger partial charge in [0.15, 0.2) is 0 Å². The molecule has 0 atom stereocenters. The van der Waals surface area contributed by atoms with Gasteiger partial charge >= 0.3 is 0 Å². The van der Waals surface area contributed by atoms with Crippen molar-refractivity contribution in [3.8, 4) is 0 Å². The zero-order chi connectivity index (χ0) is 14.0. The molecule has 0 aromatic heterocycles. The average molecular weight is 261 g/mol. The second-order valence-corrected chi connectivity index (χ2v) is 5.59. The number of anilines is 1. The Morgan fingerprint density at radius 1 is 1.37 bits per heavy atom. The van der Waals surface area contributed by atoms with E-state index in [9.17, 15) is 9.59 Å². The molecule has 1 aromatic carbocycles. The fourth-order valence-electron chi connectivity index (χ4n) is 2.15. The van der Waals surface area contributed by atoms with Gasteiger partial charge in [0.2, 0.25) is 11.8 Å². The van der Waals surface area contributed by atoms with E-state index < -0.39 is 0 Å². The zero-order valence-corrected chi connectivity index (χ0v) is 11.3. The standard InChI is InChI=1S/C14H19N3O2/c1-14(2,15)7-10-4-3-5-11(6-10)17-9-12(18)16-8-13(17)19/h3-6H,7-9,15H2,1-2H3,(H,16,18). The minimum absolute atomic E-state index is 0.0610. The Bertz CT molecular complexity index is 506. The molecule has 1 heterocycles. The highest BCUT2D eigenvalue weighted by atomic mass is 16.2. The maximum atomic E-state index is 11.8. The lowest BCUT2D eigenvalue weighted by atomic mass is 9.96. The van der Waals surface area contributed by atoms with E-state index in [1.807, 2.05) is 38.1 Å². The molecule has 1 aliphatic rings. The van der Waals surface area contributed by atoms with E-state index in [0.717, 1.165) is 17.7 Å². The number of nitrogens with one attached hydrogen (secondary N) is 1. The number of nitrogens with two attached hydrogens (primary N) is 1. The molecule has 0 saturated carbocycles. The maximum Gasteiger partial charge on any atom is 0.246 e. The first-order valence-corrected chi connectivity index (χ1v) is 6.30. The van der Waals surface area contributed by atoms with Crippen molar-refractivity contribution in [1.82, 2.24) is 5.32 Å². The topological polar surface area (TPSA) is 75.4 Å². The van der Waals surface area contributed by atoms with Crippen LogP contribution < -0.4 is 16.0 Å². The molecule has 0 radical (unpaired) electrons. The van der Waals surface area contributed by atoms with Gasteiger partial charge in [-0.3, -0.25) is 9.59 Å². The molecule has 5 heteroatoms. The lowest BCUT2D eigenvalue weighted by Gasteiger charge is -2.27. The van der Waals surface area contributed by atoms with Crippen LogP contribution in [0, 0.1) is 0 Å². The second kappa shape index (κ2) is 5.01. The summed E-state index contributed by atoms with van der Waals surface area (Å²) in [5.74, 6) is -0.229. The van der Waals surface area contributed by atoms with Gasteiger partial charge in [-0.15, -0.1) is 0 Å². The molecule has 2 amide bonds. The fraction of sp³-hybridized carbons (Fsp3) is 0.429. The third kappa shape index (κ3) is 3.54. The Labute approximate surface area is 112 Å². The molecule has 3 N–H and O–H groups in total. The molecular weight excluding hydrogens is 242 g/mol. The SMILES string of the molecule is CC(C)(N)Cc1cccc(N2CC(=O)NCC2=O)c1. The summed E-state index contributed by atoms with van der Waals surface area (Å²) in [4.78, 5) is 24.7. The number of piperazine rings is 1. The van der Waals surface area contributed by atoms with Crippen LogP contribution in [0.1, 0.15) is 19.4 Å².